The van der Waals surface area contributed by atoms with Crippen molar-refractivity contribution < 1.29 is 22.7 Å². The number of hydrogen-bond donors (Lipinski definition) is 0. The minimum Gasteiger partial charge on any atom is -0.497 e. The van der Waals surface area contributed by atoms with Gasteiger partial charge < -0.3 is 14.4 Å². The summed E-state index contributed by atoms with van der Waals surface area (Å²) < 4.78 is 37.2. The molecule has 0 spiro atoms. The molecule has 1 amide bonds. The van der Waals surface area contributed by atoms with Crippen LogP contribution in [0.1, 0.15) is 19.3 Å². The molecular formula is C22H23ClN2O5S2. The summed E-state index contributed by atoms with van der Waals surface area (Å²) in [5.74, 6) is 0.393. The van der Waals surface area contributed by atoms with Gasteiger partial charge in [-0.25, -0.2) is 13.4 Å². The maximum Gasteiger partial charge on any atom is 0.274 e. The number of hydrogen-bond acceptors (Lipinski definition) is 7. The van der Waals surface area contributed by atoms with Gasteiger partial charge in [0.1, 0.15) is 11.9 Å². The Bertz CT molecular complexity index is 1200. The van der Waals surface area contributed by atoms with Gasteiger partial charge in [-0.1, -0.05) is 22.9 Å². The summed E-state index contributed by atoms with van der Waals surface area (Å²) in [4.78, 5) is 18.9. The number of fused-ring (bicyclic) bond motifs is 1. The number of aromatic nitrogens is 1. The summed E-state index contributed by atoms with van der Waals surface area (Å²) >= 11 is 7.28. The summed E-state index contributed by atoms with van der Waals surface area (Å²) in [7, 11) is -1.90. The van der Waals surface area contributed by atoms with E-state index in [1.165, 1.54) is 35.6 Å². The smallest absolute Gasteiger partial charge is 0.274 e. The molecular weight excluding hydrogens is 472 g/mol. The van der Waals surface area contributed by atoms with E-state index in [-0.39, 0.29) is 29.1 Å². The lowest BCUT2D eigenvalue weighted by molar-refractivity contribution is -0.132. The molecule has 32 heavy (non-hydrogen) atoms. The number of rotatable bonds is 7. The SMILES string of the molecule is COc1ccc2nc(OC3CCN(C(=O)CCS(=O)(=O)c4ccc(Cl)cc4)CC3)sc2c1. The third-order valence-corrected chi connectivity index (χ3v) is 8.29. The van der Waals surface area contributed by atoms with Crippen LogP contribution in [0.3, 0.4) is 0 Å². The lowest BCUT2D eigenvalue weighted by atomic mass is 10.1. The average molecular weight is 495 g/mol. The second kappa shape index (κ2) is 9.64. The molecule has 1 saturated heterocycles. The van der Waals surface area contributed by atoms with Crippen molar-refractivity contribution >= 4 is 48.9 Å². The van der Waals surface area contributed by atoms with Gasteiger partial charge in [0.25, 0.3) is 5.19 Å². The van der Waals surface area contributed by atoms with E-state index in [1.807, 2.05) is 18.2 Å². The number of nitrogens with zero attached hydrogens (tertiary/aromatic N) is 2. The van der Waals surface area contributed by atoms with Gasteiger partial charge in [0, 0.05) is 37.4 Å². The van der Waals surface area contributed by atoms with Gasteiger partial charge in [-0.05, 0) is 42.5 Å². The molecule has 0 N–H and O–H groups in total. The lowest BCUT2D eigenvalue weighted by Crippen LogP contribution is -2.42. The minimum absolute atomic E-state index is 0.0284. The fourth-order valence-electron chi connectivity index (χ4n) is 3.57. The fourth-order valence-corrected chi connectivity index (χ4v) is 5.83. The molecule has 7 nitrogen and oxygen atoms in total. The first-order valence-electron chi connectivity index (χ1n) is 10.2. The van der Waals surface area contributed by atoms with Crippen LogP contribution >= 0.6 is 22.9 Å². The molecule has 10 heteroatoms. The molecule has 0 aliphatic carbocycles. The highest BCUT2D eigenvalue weighted by Gasteiger charge is 2.26. The van der Waals surface area contributed by atoms with Gasteiger partial charge in [0.05, 0.1) is 28.0 Å². The highest BCUT2D eigenvalue weighted by molar-refractivity contribution is 7.91. The average Bonchev–Trinajstić information content (AvgIpc) is 3.19. The molecule has 0 saturated carbocycles. The quantitative estimate of drug-likeness (QED) is 0.489. The number of methoxy groups -OCH3 is 1. The predicted octanol–water partition coefficient (Wildman–Crippen LogP) is 4.19. The number of sulfone groups is 1. The first kappa shape index (κ1) is 22.8. The molecule has 170 valence electrons. The monoisotopic (exact) mass is 494 g/mol. The predicted molar refractivity (Wildman–Crippen MR) is 125 cm³/mol. The van der Waals surface area contributed by atoms with Crippen LogP contribution in [0, 0.1) is 0 Å². The molecule has 1 aliphatic rings. The summed E-state index contributed by atoms with van der Waals surface area (Å²) in [6.07, 6.45) is 1.28. The second-order valence-electron chi connectivity index (χ2n) is 7.53. The van der Waals surface area contributed by atoms with Gasteiger partial charge in [0.2, 0.25) is 5.91 Å². The van der Waals surface area contributed by atoms with Crippen LogP contribution in [0.15, 0.2) is 47.4 Å². The van der Waals surface area contributed by atoms with Gasteiger partial charge in [-0.3, -0.25) is 4.79 Å². The van der Waals surface area contributed by atoms with Crippen molar-refractivity contribution in [3.05, 3.63) is 47.5 Å². The van der Waals surface area contributed by atoms with E-state index in [0.717, 1.165) is 16.0 Å². The van der Waals surface area contributed by atoms with E-state index in [0.29, 0.717) is 36.1 Å². The van der Waals surface area contributed by atoms with Crippen LogP contribution in [-0.4, -0.2) is 56.3 Å². The Balaban J connectivity index is 1.27. The largest absolute Gasteiger partial charge is 0.497 e. The zero-order valence-electron chi connectivity index (χ0n) is 17.5. The van der Waals surface area contributed by atoms with E-state index >= 15 is 0 Å². The Morgan fingerprint density at radius 1 is 1.19 bits per heavy atom. The van der Waals surface area contributed by atoms with Crippen molar-refractivity contribution in [2.75, 3.05) is 26.0 Å². The Labute approximate surface area is 195 Å². The van der Waals surface area contributed by atoms with Gasteiger partial charge in [-0.15, -0.1) is 0 Å². The molecule has 0 unspecified atom stereocenters. The molecule has 1 aromatic heterocycles. The van der Waals surface area contributed by atoms with Crippen molar-refractivity contribution in [3.63, 3.8) is 0 Å². The fraction of sp³-hybridized carbons (Fsp3) is 0.364. The summed E-state index contributed by atoms with van der Waals surface area (Å²) in [5, 5.41) is 1.07. The standard InChI is InChI=1S/C22H23ClN2O5S2/c1-29-17-4-7-19-20(14-17)31-22(24-19)30-16-8-11-25(12-9-16)21(26)10-13-32(27,28)18-5-2-15(23)3-6-18/h2-7,14,16H,8-13H2,1H3. The van der Waals surface area contributed by atoms with Gasteiger partial charge in [0.15, 0.2) is 9.84 Å². The number of likely N-dealkylation sites (tertiary alicyclic amines) is 1. The topological polar surface area (TPSA) is 85.8 Å². The second-order valence-corrected chi connectivity index (χ2v) is 11.1. The van der Waals surface area contributed by atoms with E-state index in [9.17, 15) is 13.2 Å². The van der Waals surface area contributed by atoms with Gasteiger partial charge >= 0.3 is 0 Å². The zero-order chi connectivity index (χ0) is 22.7. The number of thiazole rings is 1. The van der Waals surface area contributed by atoms with Gasteiger partial charge in [-0.2, -0.15) is 0 Å². The zero-order valence-corrected chi connectivity index (χ0v) is 19.9. The van der Waals surface area contributed by atoms with Crippen LogP contribution in [0.5, 0.6) is 10.9 Å². The maximum absolute atomic E-state index is 12.6. The Hall–Kier alpha value is -2.36. The number of carbonyl (C=O) groups is 1. The molecule has 1 aliphatic heterocycles. The van der Waals surface area contributed by atoms with Crippen molar-refractivity contribution in [2.24, 2.45) is 0 Å². The number of piperidine rings is 1. The number of carbonyl (C=O) groups excluding carboxylic acids is 1. The normalized spacial score (nSPS) is 15.1. The third kappa shape index (κ3) is 5.33. The van der Waals surface area contributed by atoms with E-state index in [1.54, 1.807) is 12.0 Å². The van der Waals surface area contributed by atoms with Crippen LogP contribution < -0.4 is 9.47 Å². The molecule has 3 aromatic rings. The van der Waals surface area contributed by atoms with E-state index < -0.39 is 9.84 Å². The Kier molecular flexibility index (Phi) is 6.88. The van der Waals surface area contributed by atoms with E-state index in [4.69, 9.17) is 21.1 Å². The molecule has 1 fully saturated rings. The summed E-state index contributed by atoms with van der Waals surface area (Å²) in [5.41, 5.74) is 0.861. The Morgan fingerprint density at radius 2 is 1.91 bits per heavy atom. The minimum atomic E-state index is -3.53. The molecule has 2 aromatic carbocycles. The van der Waals surface area contributed by atoms with Crippen LogP contribution in [0.2, 0.25) is 5.02 Å². The number of halogens is 1. The maximum atomic E-state index is 12.6. The first-order chi connectivity index (χ1) is 15.3. The third-order valence-electron chi connectivity index (χ3n) is 5.40. The van der Waals surface area contributed by atoms with Crippen molar-refractivity contribution in [1.82, 2.24) is 9.88 Å². The highest BCUT2D eigenvalue weighted by Crippen LogP contribution is 2.32. The van der Waals surface area contributed by atoms with E-state index in [2.05, 4.69) is 4.98 Å². The molecule has 0 atom stereocenters. The summed E-state index contributed by atoms with van der Waals surface area (Å²) in [6.45, 7) is 1.06. The van der Waals surface area contributed by atoms with Crippen molar-refractivity contribution in [3.8, 4) is 10.9 Å². The number of benzene rings is 2. The Morgan fingerprint density at radius 3 is 2.59 bits per heavy atom. The van der Waals surface area contributed by atoms with Crippen molar-refractivity contribution in [2.45, 2.75) is 30.3 Å². The van der Waals surface area contributed by atoms with Crippen LogP contribution in [0.4, 0.5) is 0 Å². The molecule has 2 heterocycles. The number of ether oxygens (including phenoxy) is 2. The summed E-state index contributed by atoms with van der Waals surface area (Å²) in [6, 6.07) is 11.7. The molecule has 4 rings (SSSR count). The molecule has 0 bridgehead atoms. The molecule has 0 radical (unpaired) electrons. The lowest BCUT2D eigenvalue weighted by Gasteiger charge is -2.31. The van der Waals surface area contributed by atoms with Crippen LogP contribution in [-0.2, 0) is 14.6 Å². The van der Waals surface area contributed by atoms with Crippen molar-refractivity contribution in [1.29, 1.82) is 0 Å². The number of amides is 1. The van der Waals surface area contributed by atoms with Crippen LogP contribution in [0.25, 0.3) is 10.2 Å². The first-order valence-corrected chi connectivity index (χ1v) is 13.1. The highest BCUT2D eigenvalue weighted by atomic mass is 35.5.